The number of halogens is 1. The molecular formula is C22H15FN2O3. The van der Waals surface area contributed by atoms with E-state index in [2.05, 4.69) is 4.98 Å². The molecule has 5 nitrogen and oxygen atoms in total. The number of hydrogen-bond donors (Lipinski definition) is 2. The number of anilines is 1. The molecule has 0 amide bonds. The van der Waals surface area contributed by atoms with Crippen LogP contribution in [-0.4, -0.2) is 16.2 Å². The average Bonchev–Trinajstić information content (AvgIpc) is 2.71. The number of fused-ring (bicyclic) bond motifs is 1. The number of ether oxygens (including phenoxy) is 1. The summed E-state index contributed by atoms with van der Waals surface area (Å²) in [6.45, 7) is 0. The molecule has 0 aliphatic heterocycles. The number of benzene rings is 3. The minimum atomic E-state index is -1.53. The molecular weight excluding hydrogens is 359 g/mol. The lowest BCUT2D eigenvalue weighted by Crippen LogP contribution is -2.08. The van der Waals surface area contributed by atoms with Crippen LogP contribution in [0.1, 0.15) is 0 Å². The third-order valence-electron chi connectivity index (χ3n) is 4.39. The number of nitrogen functional groups attached to an aromatic ring is 1. The van der Waals surface area contributed by atoms with Crippen LogP contribution in [0.4, 0.5) is 14.9 Å². The van der Waals surface area contributed by atoms with Gasteiger partial charge in [-0.15, -0.1) is 0 Å². The van der Waals surface area contributed by atoms with Crippen molar-refractivity contribution in [2.24, 2.45) is 0 Å². The largest absolute Gasteiger partial charge is 0.511 e. The maximum absolute atomic E-state index is 13.6. The predicted octanol–water partition coefficient (Wildman–Crippen LogP) is 5.35. The molecule has 138 valence electrons. The molecule has 4 aromatic rings. The molecule has 4 rings (SSSR count). The highest BCUT2D eigenvalue weighted by molar-refractivity contribution is 5.97. The minimum absolute atomic E-state index is 0.0351. The Balaban J connectivity index is 1.85. The van der Waals surface area contributed by atoms with Gasteiger partial charge in [0.25, 0.3) is 0 Å². The van der Waals surface area contributed by atoms with Crippen LogP contribution in [-0.2, 0) is 0 Å². The molecule has 0 unspecified atom stereocenters. The van der Waals surface area contributed by atoms with Gasteiger partial charge >= 0.3 is 6.16 Å². The monoisotopic (exact) mass is 374 g/mol. The van der Waals surface area contributed by atoms with Crippen molar-refractivity contribution in [2.45, 2.75) is 0 Å². The first-order chi connectivity index (χ1) is 13.5. The number of hydrogen-bond acceptors (Lipinski definition) is 4. The summed E-state index contributed by atoms with van der Waals surface area (Å²) >= 11 is 0. The van der Waals surface area contributed by atoms with Gasteiger partial charge in [-0.05, 0) is 29.3 Å². The number of carbonyl (C=O) groups is 1. The number of pyridine rings is 1. The van der Waals surface area contributed by atoms with Crippen molar-refractivity contribution in [2.75, 3.05) is 5.73 Å². The van der Waals surface area contributed by atoms with E-state index in [9.17, 15) is 9.18 Å². The van der Waals surface area contributed by atoms with Gasteiger partial charge in [-0.2, -0.15) is 0 Å². The summed E-state index contributed by atoms with van der Waals surface area (Å²) in [5, 5.41) is 9.25. The fraction of sp³-hybridized carbons (Fsp3) is 0. The van der Waals surface area contributed by atoms with E-state index < -0.39 is 12.0 Å². The smallest absolute Gasteiger partial charge is 0.449 e. The van der Waals surface area contributed by atoms with Gasteiger partial charge in [0.2, 0.25) is 0 Å². The normalized spacial score (nSPS) is 10.8. The highest BCUT2D eigenvalue weighted by Crippen LogP contribution is 2.38. The second-order valence-corrected chi connectivity index (χ2v) is 6.18. The second kappa shape index (κ2) is 7.00. The lowest BCUT2D eigenvalue weighted by molar-refractivity contribution is 0.145. The standard InChI is InChI=1S/C22H15FN2O3/c23-16-10-11-18-17(12-16)21(28-22(26)27)19(24)20(25-18)15-8-6-14(7-9-15)13-4-2-1-3-5-13/h1-12H,24H2,(H,26,27). The van der Waals surface area contributed by atoms with Crippen LogP contribution in [0.5, 0.6) is 5.75 Å². The van der Waals surface area contributed by atoms with Crippen molar-refractivity contribution in [3.05, 3.63) is 78.6 Å². The van der Waals surface area contributed by atoms with Gasteiger partial charge < -0.3 is 15.6 Å². The summed E-state index contributed by atoms with van der Waals surface area (Å²) in [5.74, 6) is -0.664. The molecule has 0 bridgehead atoms. The Kier molecular flexibility index (Phi) is 4.37. The molecule has 1 heterocycles. The van der Waals surface area contributed by atoms with E-state index in [1.54, 1.807) is 0 Å². The molecule has 0 spiro atoms. The van der Waals surface area contributed by atoms with Gasteiger partial charge in [0.1, 0.15) is 11.5 Å². The summed E-state index contributed by atoms with van der Waals surface area (Å²) in [6, 6.07) is 21.3. The topological polar surface area (TPSA) is 85.4 Å². The fourth-order valence-electron chi connectivity index (χ4n) is 3.09. The van der Waals surface area contributed by atoms with Crippen molar-refractivity contribution in [3.63, 3.8) is 0 Å². The van der Waals surface area contributed by atoms with Gasteiger partial charge in [-0.1, -0.05) is 54.6 Å². The van der Waals surface area contributed by atoms with Crippen molar-refractivity contribution < 1.29 is 19.0 Å². The maximum atomic E-state index is 13.6. The molecule has 1 aromatic heterocycles. The van der Waals surface area contributed by atoms with Crippen LogP contribution in [0.2, 0.25) is 0 Å². The van der Waals surface area contributed by atoms with E-state index in [1.165, 1.54) is 12.1 Å². The molecule has 0 radical (unpaired) electrons. The third kappa shape index (κ3) is 3.23. The van der Waals surface area contributed by atoms with E-state index in [0.717, 1.165) is 17.2 Å². The van der Waals surface area contributed by atoms with E-state index >= 15 is 0 Å². The average molecular weight is 374 g/mol. The zero-order valence-electron chi connectivity index (χ0n) is 14.6. The molecule has 0 saturated carbocycles. The quantitative estimate of drug-likeness (QED) is 0.472. The lowest BCUT2D eigenvalue weighted by atomic mass is 10.0. The zero-order chi connectivity index (χ0) is 19.7. The van der Waals surface area contributed by atoms with Crippen LogP contribution >= 0.6 is 0 Å². The van der Waals surface area contributed by atoms with Gasteiger partial charge in [0.15, 0.2) is 5.75 Å². The predicted molar refractivity (Wildman–Crippen MR) is 106 cm³/mol. The molecule has 3 N–H and O–H groups in total. The molecule has 3 aromatic carbocycles. The van der Waals surface area contributed by atoms with Crippen molar-refractivity contribution in [1.29, 1.82) is 0 Å². The van der Waals surface area contributed by atoms with Gasteiger partial charge in [-0.25, -0.2) is 14.2 Å². The van der Waals surface area contributed by atoms with E-state index in [1.807, 2.05) is 54.6 Å². The SMILES string of the molecule is Nc1c(-c2ccc(-c3ccccc3)cc2)nc2ccc(F)cc2c1OC(=O)O. The Morgan fingerprint density at radius 1 is 0.929 bits per heavy atom. The van der Waals surface area contributed by atoms with Crippen LogP contribution in [0, 0.1) is 5.82 Å². The zero-order valence-corrected chi connectivity index (χ0v) is 14.6. The summed E-state index contributed by atoms with van der Waals surface area (Å²) in [7, 11) is 0. The Bertz CT molecular complexity index is 1180. The summed E-state index contributed by atoms with van der Waals surface area (Å²) in [4.78, 5) is 15.6. The number of nitrogens with zero attached hydrogens (tertiary/aromatic N) is 1. The highest BCUT2D eigenvalue weighted by Gasteiger charge is 2.18. The van der Waals surface area contributed by atoms with E-state index in [4.69, 9.17) is 15.6 Å². The first-order valence-corrected chi connectivity index (χ1v) is 8.48. The Hall–Kier alpha value is -3.93. The third-order valence-corrected chi connectivity index (χ3v) is 4.39. The summed E-state index contributed by atoms with van der Waals surface area (Å²) < 4.78 is 18.5. The van der Waals surface area contributed by atoms with Crippen LogP contribution in [0.3, 0.4) is 0 Å². The van der Waals surface area contributed by atoms with E-state index in [-0.39, 0.29) is 16.8 Å². The summed E-state index contributed by atoms with van der Waals surface area (Å²) in [5.41, 5.74) is 9.73. The maximum Gasteiger partial charge on any atom is 0.511 e. The van der Waals surface area contributed by atoms with Crippen LogP contribution in [0.25, 0.3) is 33.3 Å². The molecule has 0 aliphatic rings. The molecule has 0 saturated heterocycles. The molecule has 0 atom stereocenters. The second-order valence-electron chi connectivity index (χ2n) is 6.18. The van der Waals surface area contributed by atoms with Gasteiger partial charge in [0, 0.05) is 10.9 Å². The Labute approximate surface area is 159 Å². The van der Waals surface area contributed by atoms with Crippen molar-refractivity contribution >= 4 is 22.7 Å². The minimum Gasteiger partial charge on any atom is -0.449 e. The first kappa shape index (κ1) is 17.5. The summed E-state index contributed by atoms with van der Waals surface area (Å²) in [6.07, 6.45) is -1.53. The molecule has 28 heavy (non-hydrogen) atoms. The number of carboxylic acid groups (broad SMARTS) is 1. The first-order valence-electron chi connectivity index (χ1n) is 8.48. The van der Waals surface area contributed by atoms with Gasteiger partial charge in [-0.3, -0.25) is 0 Å². The molecule has 0 aliphatic carbocycles. The van der Waals surface area contributed by atoms with Crippen molar-refractivity contribution in [3.8, 4) is 28.1 Å². The van der Waals surface area contributed by atoms with Crippen LogP contribution in [0.15, 0.2) is 72.8 Å². The molecule has 6 heteroatoms. The fourth-order valence-corrected chi connectivity index (χ4v) is 3.09. The van der Waals surface area contributed by atoms with E-state index in [0.29, 0.717) is 16.8 Å². The Morgan fingerprint density at radius 3 is 2.25 bits per heavy atom. The van der Waals surface area contributed by atoms with Crippen LogP contribution < -0.4 is 10.5 Å². The Morgan fingerprint density at radius 2 is 1.57 bits per heavy atom. The highest BCUT2D eigenvalue weighted by atomic mass is 19.1. The number of aromatic nitrogens is 1. The molecule has 0 fully saturated rings. The van der Waals surface area contributed by atoms with Gasteiger partial charge in [0.05, 0.1) is 11.2 Å². The number of rotatable bonds is 3. The van der Waals surface area contributed by atoms with Crippen molar-refractivity contribution in [1.82, 2.24) is 4.98 Å². The number of nitrogens with two attached hydrogens (primary N) is 1. The lowest BCUT2D eigenvalue weighted by Gasteiger charge is -2.13.